The van der Waals surface area contributed by atoms with Crippen LogP contribution in [0.2, 0.25) is 0 Å². The zero-order chi connectivity index (χ0) is 7.11. The maximum atomic E-state index is 9.93. The molecule has 54 valence electrons. The van der Waals surface area contributed by atoms with Crippen LogP contribution < -0.4 is 5.32 Å². The first-order valence-electron chi connectivity index (χ1n) is 3.03. The second kappa shape index (κ2) is 5.95. The van der Waals surface area contributed by atoms with Crippen LogP contribution in [0.4, 0.5) is 0 Å². The van der Waals surface area contributed by atoms with E-state index >= 15 is 0 Å². The predicted molar refractivity (Wildman–Crippen MR) is 41.7 cm³/mol. The lowest BCUT2D eigenvalue weighted by atomic mass is 10.3. The van der Waals surface area contributed by atoms with E-state index in [1.807, 2.05) is 6.26 Å². The molecule has 0 aromatic heterocycles. The number of thioether (sulfide) groups is 1. The highest BCUT2D eigenvalue weighted by Crippen LogP contribution is 1.99. The van der Waals surface area contributed by atoms with Gasteiger partial charge in [-0.05, 0) is 12.7 Å². The summed E-state index contributed by atoms with van der Waals surface area (Å²) in [6.45, 7) is 2.07. The highest BCUT2D eigenvalue weighted by molar-refractivity contribution is 7.98. The van der Waals surface area contributed by atoms with E-state index in [4.69, 9.17) is 0 Å². The summed E-state index contributed by atoms with van der Waals surface area (Å²) in [7, 11) is 0. The minimum absolute atomic E-state index is 0.359. The van der Waals surface area contributed by atoms with E-state index in [0.29, 0.717) is 6.04 Å². The topological polar surface area (TPSA) is 29.1 Å². The number of carbonyl (C=O) groups is 1. The van der Waals surface area contributed by atoms with Crippen LogP contribution in [-0.2, 0) is 4.79 Å². The monoisotopic (exact) mass is 147 g/mol. The molecule has 1 N–H and O–H groups in total. The lowest BCUT2D eigenvalue weighted by Gasteiger charge is -2.10. The van der Waals surface area contributed by atoms with Gasteiger partial charge in [0, 0.05) is 11.8 Å². The van der Waals surface area contributed by atoms with Gasteiger partial charge in [-0.25, -0.2) is 0 Å². The van der Waals surface area contributed by atoms with Gasteiger partial charge in [0.2, 0.25) is 6.41 Å². The fraction of sp³-hybridized carbons (Fsp3) is 0.833. The molecular formula is C6H13NOS. The highest BCUT2D eigenvalue weighted by atomic mass is 32.2. The van der Waals surface area contributed by atoms with Gasteiger partial charge in [-0.3, -0.25) is 4.79 Å². The average molecular weight is 147 g/mol. The lowest BCUT2D eigenvalue weighted by Crippen LogP contribution is -2.28. The molecule has 0 spiro atoms. The molecule has 1 amide bonds. The molecule has 2 nitrogen and oxygen atoms in total. The zero-order valence-corrected chi connectivity index (χ0v) is 6.70. The number of nitrogens with one attached hydrogen (secondary N) is 1. The molecule has 1 atom stereocenters. The van der Waals surface area contributed by atoms with E-state index in [2.05, 4.69) is 12.2 Å². The van der Waals surface area contributed by atoms with Crippen LogP contribution in [0.25, 0.3) is 0 Å². The molecule has 0 saturated carbocycles. The molecular weight excluding hydrogens is 134 g/mol. The molecule has 0 radical (unpaired) electrons. The van der Waals surface area contributed by atoms with Crippen molar-refractivity contribution in [2.24, 2.45) is 0 Å². The summed E-state index contributed by atoms with van der Waals surface area (Å²) in [6.07, 6.45) is 3.82. The van der Waals surface area contributed by atoms with Gasteiger partial charge >= 0.3 is 0 Å². The van der Waals surface area contributed by atoms with E-state index in [0.717, 1.165) is 18.6 Å². The number of hydrogen-bond acceptors (Lipinski definition) is 2. The average Bonchev–Trinajstić information content (AvgIpc) is 1.88. The zero-order valence-electron chi connectivity index (χ0n) is 5.89. The first-order valence-corrected chi connectivity index (χ1v) is 4.43. The Morgan fingerprint density at radius 2 is 2.44 bits per heavy atom. The van der Waals surface area contributed by atoms with Crippen LogP contribution in [-0.4, -0.2) is 24.5 Å². The predicted octanol–water partition coefficient (Wildman–Crippen LogP) is 0.874. The van der Waals surface area contributed by atoms with Crippen LogP contribution in [0.3, 0.4) is 0 Å². The van der Waals surface area contributed by atoms with Crippen molar-refractivity contribution in [3.05, 3.63) is 0 Å². The van der Waals surface area contributed by atoms with Crippen LogP contribution in [0.5, 0.6) is 0 Å². The molecule has 9 heavy (non-hydrogen) atoms. The van der Waals surface area contributed by atoms with Crippen molar-refractivity contribution in [3.63, 3.8) is 0 Å². The summed E-state index contributed by atoms with van der Waals surface area (Å²) in [4.78, 5) is 9.93. The normalized spacial score (nSPS) is 12.7. The second-order valence-corrected chi connectivity index (χ2v) is 2.76. The van der Waals surface area contributed by atoms with E-state index < -0.39 is 0 Å². The Kier molecular flexibility index (Phi) is 5.83. The van der Waals surface area contributed by atoms with E-state index in [9.17, 15) is 4.79 Å². The van der Waals surface area contributed by atoms with Crippen molar-refractivity contribution < 1.29 is 4.79 Å². The van der Waals surface area contributed by atoms with Gasteiger partial charge in [0.1, 0.15) is 0 Å². The van der Waals surface area contributed by atoms with Gasteiger partial charge in [-0.2, -0.15) is 11.8 Å². The third kappa shape index (κ3) is 4.33. The highest BCUT2D eigenvalue weighted by Gasteiger charge is 2.00. The molecule has 0 rings (SSSR count). The molecule has 0 aromatic carbocycles. The molecule has 3 heteroatoms. The van der Waals surface area contributed by atoms with Crippen LogP contribution >= 0.6 is 11.8 Å². The van der Waals surface area contributed by atoms with Crippen LogP contribution in [0.15, 0.2) is 0 Å². The third-order valence-electron chi connectivity index (χ3n) is 1.16. The van der Waals surface area contributed by atoms with E-state index in [-0.39, 0.29) is 0 Å². The summed E-state index contributed by atoms with van der Waals surface area (Å²) < 4.78 is 0. The second-order valence-electron chi connectivity index (χ2n) is 1.85. The van der Waals surface area contributed by atoms with Gasteiger partial charge in [0.25, 0.3) is 0 Å². The van der Waals surface area contributed by atoms with Crippen molar-refractivity contribution in [2.45, 2.75) is 19.4 Å². The number of hydrogen-bond donors (Lipinski definition) is 1. The molecule has 0 aromatic rings. The molecule has 0 fully saturated rings. The molecule has 0 aliphatic rings. The van der Waals surface area contributed by atoms with Crippen molar-refractivity contribution >= 4 is 18.2 Å². The molecule has 0 heterocycles. The van der Waals surface area contributed by atoms with Crippen molar-refractivity contribution in [2.75, 3.05) is 12.0 Å². The standard InChI is InChI=1S/C6H13NOS/c1-3-6(4-9-2)7-5-8/h5-6H,3-4H2,1-2H3,(H,7,8). The maximum Gasteiger partial charge on any atom is 0.207 e. The van der Waals surface area contributed by atoms with Gasteiger partial charge < -0.3 is 5.32 Å². The van der Waals surface area contributed by atoms with Crippen molar-refractivity contribution in [3.8, 4) is 0 Å². The summed E-state index contributed by atoms with van der Waals surface area (Å²) in [5, 5.41) is 2.73. The quantitative estimate of drug-likeness (QED) is 0.585. The fourth-order valence-corrected chi connectivity index (χ4v) is 1.32. The maximum absolute atomic E-state index is 9.93. The number of amides is 1. The summed E-state index contributed by atoms with van der Waals surface area (Å²) in [6, 6.07) is 0.359. The van der Waals surface area contributed by atoms with Gasteiger partial charge in [-0.15, -0.1) is 0 Å². The molecule has 0 aliphatic heterocycles. The Labute approximate surface area is 60.4 Å². The summed E-state index contributed by atoms with van der Waals surface area (Å²) >= 11 is 1.75. The molecule has 0 saturated heterocycles. The Morgan fingerprint density at radius 1 is 1.78 bits per heavy atom. The molecule has 0 bridgehead atoms. The Hall–Kier alpha value is -0.180. The molecule has 1 unspecified atom stereocenters. The van der Waals surface area contributed by atoms with Gasteiger partial charge in [0.15, 0.2) is 0 Å². The number of carbonyl (C=O) groups excluding carboxylic acids is 1. The summed E-state index contributed by atoms with van der Waals surface area (Å²) in [5.74, 6) is 1.01. The first kappa shape index (κ1) is 8.82. The number of rotatable bonds is 5. The van der Waals surface area contributed by atoms with Gasteiger partial charge in [-0.1, -0.05) is 6.92 Å². The first-order chi connectivity index (χ1) is 4.35. The summed E-state index contributed by atoms with van der Waals surface area (Å²) in [5.41, 5.74) is 0. The minimum Gasteiger partial charge on any atom is -0.355 e. The van der Waals surface area contributed by atoms with E-state index in [1.165, 1.54) is 0 Å². The largest absolute Gasteiger partial charge is 0.355 e. The van der Waals surface area contributed by atoms with Crippen molar-refractivity contribution in [1.29, 1.82) is 0 Å². The minimum atomic E-state index is 0.359. The third-order valence-corrected chi connectivity index (χ3v) is 1.90. The molecule has 0 aliphatic carbocycles. The van der Waals surface area contributed by atoms with Gasteiger partial charge in [0.05, 0.1) is 0 Å². The van der Waals surface area contributed by atoms with Crippen LogP contribution in [0.1, 0.15) is 13.3 Å². The Morgan fingerprint density at radius 3 is 2.78 bits per heavy atom. The van der Waals surface area contributed by atoms with Crippen LogP contribution in [0, 0.1) is 0 Å². The van der Waals surface area contributed by atoms with E-state index in [1.54, 1.807) is 11.8 Å². The SMILES string of the molecule is CCC(CSC)NC=O. The lowest BCUT2D eigenvalue weighted by molar-refractivity contribution is -0.110. The van der Waals surface area contributed by atoms with Crippen molar-refractivity contribution in [1.82, 2.24) is 5.32 Å². The fourth-order valence-electron chi connectivity index (χ4n) is 0.581. The Balaban J connectivity index is 3.28. The Bertz CT molecular complexity index is 77.5. The smallest absolute Gasteiger partial charge is 0.207 e.